The minimum atomic E-state index is -0.353. The first-order valence-corrected chi connectivity index (χ1v) is 10.9. The molecule has 0 aromatic heterocycles. The Bertz CT molecular complexity index is 585. The molecule has 4 heteroatoms. The molecule has 1 aromatic rings. The number of hydrogen-bond acceptors (Lipinski definition) is 1. The quantitative estimate of drug-likeness (QED) is 0.682. The number of nitrogens with zero attached hydrogens (tertiary/aromatic N) is 1. The molecule has 134 valence electrons. The Kier molecular flexibility index (Phi) is 6.11. The maximum absolute atomic E-state index is 5.40. The van der Waals surface area contributed by atoms with Crippen LogP contribution in [0.3, 0.4) is 0 Å². The number of benzene rings is 1. The van der Waals surface area contributed by atoms with Crippen molar-refractivity contribution >= 4 is 4.40 Å². The molecule has 4 aliphatic carbocycles. The van der Waals surface area contributed by atoms with Crippen LogP contribution in [0.2, 0.25) is 0 Å². The molecule has 5 rings (SSSR count). The second kappa shape index (κ2) is 7.39. The third kappa shape index (κ3) is 3.84. The zero-order valence-electron chi connectivity index (χ0n) is 14.8. The second-order valence-corrected chi connectivity index (χ2v) is 10.1. The van der Waals surface area contributed by atoms with Crippen molar-refractivity contribution in [2.45, 2.75) is 63.3 Å². The summed E-state index contributed by atoms with van der Waals surface area (Å²) in [5.41, 5.74) is 2.02. The first kappa shape index (κ1) is 19.8. The molecule has 24 heavy (non-hydrogen) atoms. The van der Waals surface area contributed by atoms with Crippen LogP contribution in [-0.4, -0.2) is 20.9 Å². The van der Waals surface area contributed by atoms with Crippen LogP contribution in [0.4, 0.5) is 0 Å². The van der Waals surface area contributed by atoms with Gasteiger partial charge in [-0.15, -0.1) is 0 Å². The standard InChI is InChI=1S/C10H15N.C10H12.Mo.2H2O/c11-10-4-7-1-8(5-10)3-9(2-7)6-10;1-10(2,3)9-7-5-4-6-8-9;;;/h7-9H,1-6H2;1,4-8H,2-3H3;;2*1H2. The van der Waals surface area contributed by atoms with E-state index in [4.69, 9.17) is 3.50 Å². The van der Waals surface area contributed by atoms with Gasteiger partial charge in [-0.2, -0.15) is 0 Å². The van der Waals surface area contributed by atoms with E-state index in [0.29, 0.717) is 5.54 Å². The fourth-order valence-electron chi connectivity index (χ4n) is 5.38. The Morgan fingerprint density at radius 2 is 1.46 bits per heavy atom. The molecule has 3 nitrogen and oxygen atoms in total. The van der Waals surface area contributed by atoms with E-state index in [2.05, 4.69) is 48.6 Å². The minimum absolute atomic E-state index is 0. The van der Waals surface area contributed by atoms with Gasteiger partial charge in [0.2, 0.25) is 0 Å². The number of rotatable bonds is 3. The van der Waals surface area contributed by atoms with Gasteiger partial charge >= 0.3 is 143 Å². The van der Waals surface area contributed by atoms with Gasteiger partial charge in [0.15, 0.2) is 0 Å². The molecule has 0 aliphatic heterocycles. The summed E-state index contributed by atoms with van der Waals surface area (Å²) in [7, 11) is 0. The van der Waals surface area contributed by atoms with Crippen molar-refractivity contribution < 1.29 is 28.9 Å². The summed E-state index contributed by atoms with van der Waals surface area (Å²) in [5, 5.41) is 0. The number of hydrogen-bond donors (Lipinski definition) is 0. The third-order valence-electron chi connectivity index (χ3n) is 6.12. The normalized spacial score (nSPS) is 33.2. The molecular weight excluding hydrogens is 382 g/mol. The van der Waals surface area contributed by atoms with Crippen LogP contribution in [0.25, 0.3) is 0 Å². The van der Waals surface area contributed by atoms with Gasteiger partial charge < -0.3 is 11.0 Å². The molecule has 0 amide bonds. The predicted molar refractivity (Wildman–Crippen MR) is 96.1 cm³/mol. The van der Waals surface area contributed by atoms with Crippen LogP contribution < -0.4 is 0 Å². The summed E-state index contributed by atoms with van der Waals surface area (Å²) >= 11 is -0.353. The first-order chi connectivity index (χ1) is 10.5. The average Bonchev–Trinajstić information content (AvgIpc) is 2.46. The molecule has 0 unspecified atom stereocenters. The fourth-order valence-corrected chi connectivity index (χ4v) is 7.59. The van der Waals surface area contributed by atoms with Crippen LogP contribution >= 0.6 is 0 Å². The molecule has 0 radical (unpaired) electrons. The van der Waals surface area contributed by atoms with Gasteiger partial charge in [0, 0.05) is 0 Å². The van der Waals surface area contributed by atoms with Crippen molar-refractivity contribution in [2.75, 3.05) is 0 Å². The molecule has 0 spiro atoms. The van der Waals surface area contributed by atoms with E-state index >= 15 is 0 Å². The molecule has 4 aliphatic rings. The summed E-state index contributed by atoms with van der Waals surface area (Å²) in [5.74, 6) is 3.05. The van der Waals surface area contributed by atoms with E-state index in [1.807, 2.05) is 0 Å². The summed E-state index contributed by atoms with van der Waals surface area (Å²) in [6, 6.07) is 10.9. The largest absolute Gasteiger partial charge is 0.412 e. The Morgan fingerprint density at radius 3 is 1.96 bits per heavy atom. The van der Waals surface area contributed by atoms with Crippen LogP contribution in [-0.2, 0) is 23.3 Å². The molecule has 0 heterocycles. The monoisotopic (exact) mass is 415 g/mol. The zero-order chi connectivity index (χ0) is 15.2. The van der Waals surface area contributed by atoms with Gasteiger partial charge in [-0.3, -0.25) is 0 Å². The van der Waals surface area contributed by atoms with Crippen molar-refractivity contribution in [1.82, 2.24) is 0 Å². The van der Waals surface area contributed by atoms with Crippen LogP contribution in [0.1, 0.15) is 57.9 Å². The van der Waals surface area contributed by atoms with E-state index < -0.39 is 0 Å². The molecular formula is C20H31MoNO2. The molecule has 4 saturated carbocycles. The summed E-state index contributed by atoms with van der Waals surface area (Å²) in [4.78, 5) is 0. The van der Waals surface area contributed by atoms with Gasteiger partial charge in [0.25, 0.3) is 0 Å². The maximum atomic E-state index is 5.40. The zero-order valence-corrected chi connectivity index (χ0v) is 16.8. The summed E-state index contributed by atoms with van der Waals surface area (Å²) in [6.07, 6.45) is 8.83. The molecule has 4 N–H and O–H groups in total. The minimum Gasteiger partial charge on any atom is -0.412 e. The van der Waals surface area contributed by atoms with Gasteiger partial charge in [0.05, 0.1) is 0 Å². The van der Waals surface area contributed by atoms with Gasteiger partial charge in [-0.1, -0.05) is 0 Å². The van der Waals surface area contributed by atoms with E-state index in [1.165, 1.54) is 44.1 Å². The van der Waals surface area contributed by atoms with Crippen molar-refractivity contribution in [1.29, 1.82) is 0 Å². The van der Waals surface area contributed by atoms with E-state index in [1.54, 1.807) is 0 Å². The maximum Gasteiger partial charge on any atom is -0.412 e. The molecule has 1 aromatic carbocycles. The van der Waals surface area contributed by atoms with Crippen LogP contribution in [0, 0.1) is 17.8 Å². The van der Waals surface area contributed by atoms with Gasteiger partial charge in [0.1, 0.15) is 0 Å². The predicted octanol–water partition coefficient (Wildman–Crippen LogP) is 3.35. The van der Waals surface area contributed by atoms with Crippen LogP contribution in [0.5, 0.6) is 0 Å². The average molecular weight is 413 g/mol. The third-order valence-corrected chi connectivity index (χ3v) is 9.04. The Morgan fingerprint density at radius 1 is 0.958 bits per heavy atom. The molecule has 0 saturated heterocycles. The summed E-state index contributed by atoms with van der Waals surface area (Å²) in [6.45, 7) is 4.70. The SMILES string of the molecule is CC(C)([CH]=[Mo]=[N]C12CC3CC(CC(C3)C1)C2)c1ccccc1.O.O. The molecule has 4 bridgehead atoms. The van der Waals surface area contributed by atoms with E-state index in [0.717, 1.165) is 17.8 Å². The Labute approximate surface area is 153 Å². The van der Waals surface area contributed by atoms with Crippen molar-refractivity contribution in [3.05, 3.63) is 35.9 Å². The van der Waals surface area contributed by atoms with Gasteiger partial charge in [-0.05, 0) is 0 Å². The van der Waals surface area contributed by atoms with Gasteiger partial charge in [-0.25, -0.2) is 0 Å². The van der Waals surface area contributed by atoms with Crippen molar-refractivity contribution in [3.8, 4) is 0 Å². The fraction of sp³-hybridized carbons (Fsp3) is 0.650. The smallest absolute Gasteiger partial charge is 0.412 e. The molecule has 0 atom stereocenters. The Balaban J connectivity index is 0.00000104. The summed E-state index contributed by atoms with van der Waals surface area (Å²) < 4.78 is 7.96. The topological polar surface area (TPSA) is 75.4 Å². The second-order valence-electron chi connectivity index (χ2n) is 8.54. The first-order valence-electron chi connectivity index (χ1n) is 8.83. The van der Waals surface area contributed by atoms with Crippen molar-refractivity contribution in [2.24, 2.45) is 21.2 Å². The van der Waals surface area contributed by atoms with Crippen molar-refractivity contribution in [3.63, 3.8) is 0 Å². The Hall–Kier alpha value is -0.502. The van der Waals surface area contributed by atoms with E-state index in [9.17, 15) is 0 Å². The molecule has 4 fully saturated rings. The van der Waals surface area contributed by atoms with Crippen LogP contribution in [0.15, 0.2) is 33.8 Å². The van der Waals surface area contributed by atoms with E-state index in [-0.39, 0.29) is 34.3 Å².